The third kappa shape index (κ3) is 4.01. The van der Waals surface area contributed by atoms with Crippen LogP contribution in [-0.2, 0) is 6.54 Å². The Balaban J connectivity index is 1.81. The summed E-state index contributed by atoms with van der Waals surface area (Å²) in [7, 11) is 4.91. The van der Waals surface area contributed by atoms with Crippen molar-refractivity contribution in [3.8, 4) is 17.2 Å². The van der Waals surface area contributed by atoms with Crippen molar-refractivity contribution in [1.29, 1.82) is 0 Å². The first kappa shape index (κ1) is 19.0. The van der Waals surface area contributed by atoms with Crippen LogP contribution in [0, 0.1) is 0 Å². The highest BCUT2D eigenvalue weighted by Crippen LogP contribution is 2.37. The van der Waals surface area contributed by atoms with Crippen LogP contribution in [-0.4, -0.2) is 45.2 Å². The Morgan fingerprint density at radius 3 is 2.37 bits per heavy atom. The lowest BCUT2D eigenvalue weighted by Crippen LogP contribution is -2.21. The second kappa shape index (κ2) is 8.31. The molecule has 1 saturated heterocycles. The van der Waals surface area contributed by atoms with Crippen LogP contribution in [0.1, 0.15) is 33.8 Å². The molecule has 0 spiro atoms. The summed E-state index contributed by atoms with van der Waals surface area (Å²) < 4.78 is 16.4. The molecule has 1 aliphatic heterocycles. The van der Waals surface area contributed by atoms with E-state index in [1.807, 2.05) is 30.3 Å². The van der Waals surface area contributed by atoms with Crippen molar-refractivity contribution >= 4 is 5.91 Å². The highest BCUT2D eigenvalue weighted by atomic mass is 16.5. The van der Waals surface area contributed by atoms with Crippen molar-refractivity contribution in [1.82, 2.24) is 4.90 Å². The van der Waals surface area contributed by atoms with Crippen LogP contribution in [0.2, 0.25) is 0 Å². The fourth-order valence-corrected chi connectivity index (χ4v) is 3.76. The molecule has 1 amide bonds. The van der Waals surface area contributed by atoms with Crippen molar-refractivity contribution in [2.75, 3.05) is 34.4 Å². The molecule has 2 aromatic carbocycles. The molecule has 2 N–H and O–H groups in total. The van der Waals surface area contributed by atoms with Crippen molar-refractivity contribution in [2.24, 2.45) is 5.73 Å². The maximum Gasteiger partial charge on any atom is 0.248 e. The summed E-state index contributed by atoms with van der Waals surface area (Å²) in [5.74, 6) is 2.09. The van der Waals surface area contributed by atoms with E-state index < -0.39 is 0 Å². The molecule has 0 unspecified atom stereocenters. The van der Waals surface area contributed by atoms with Gasteiger partial charge in [-0.1, -0.05) is 18.2 Å². The third-order valence-corrected chi connectivity index (χ3v) is 5.14. The lowest BCUT2D eigenvalue weighted by molar-refractivity contribution is 0.0999. The Morgan fingerprint density at radius 1 is 1.11 bits per heavy atom. The minimum atomic E-state index is -0.373. The molecule has 1 fully saturated rings. The molecule has 0 saturated carbocycles. The summed E-state index contributed by atoms with van der Waals surface area (Å²) in [6.45, 7) is 2.48. The molecule has 0 radical (unpaired) electrons. The van der Waals surface area contributed by atoms with E-state index in [1.54, 1.807) is 27.4 Å². The number of rotatable bonds is 7. The molecule has 27 heavy (non-hydrogen) atoms. The molecule has 1 aliphatic rings. The first-order valence-electron chi connectivity index (χ1n) is 8.97. The van der Waals surface area contributed by atoms with Crippen LogP contribution in [0.3, 0.4) is 0 Å². The number of methoxy groups -OCH3 is 3. The Kier molecular flexibility index (Phi) is 5.86. The molecular formula is C21H26N2O4. The summed E-state index contributed by atoms with van der Waals surface area (Å²) >= 11 is 0. The Morgan fingerprint density at radius 2 is 1.78 bits per heavy atom. The standard InChI is InChI=1S/C21H26N2O4/c1-25-15-10-19(26-2)18(20(11-15)27-3)13-23-9-8-14(12-23)16-6-4-5-7-17(16)21(22)24/h4-7,10-11,14H,8-9,12-13H2,1-3H3,(H2,22,24)/t14-/m1/s1. The van der Waals surface area contributed by atoms with E-state index in [0.29, 0.717) is 17.9 Å². The van der Waals surface area contributed by atoms with Gasteiger partial charge in [0.1, 0.15) is 17.2 Å². The van der Waals surface area contributed by atoms with E-state index in [1.165, 1.54) is 0 Å². The Labute approximate surface area is 159 Å². The second-order valence-electron chi connectivity index (χ2n) is 6.68. The molecule has 0 aromatic heterocycles. The van der Waals surface area contributed by atoms with Gasteiger partial charge in [0.25, 0.3) is 0 Å². The van der Waals surface area contributed by atoms with Gasteiger partial charge in [-0.05, 0) is 30.5 Å². The minimum Gasteiger partial charge on any atom is -0.496 e. The summed E-state index contributed by atoms with van der Waals surface area (Å²) in [6.07, 6.45) is 0.977. The first-order chi connectivity index (χ1) is 13.1. The summed E-state index contributed by atoms with van der Waals surface area (Å²) in [5.41, 5.74) is 8.18. The number of nitrogens with zero attached hydrogens (tertiary/aromatic N) is 1. The summed E-state index contributed by atoms with van der Waals surface area (Å²) in [4.78, 5) is 14.1. The molecule has 6 heteroatoms. The number of primary amides is 1. The maximum absolute atomic E-state index is 11.7. The molecule has 1 heterocycles. The quantitative estimate of drug-likeness (QED) is 0.811. The number of carbonyl (C=O) groups excluding carboxylic acids is 1. The van der Waals surface area contributed by atoms with Crippen molar-refractivity contribution in [2.45, 2.75) is 18.9 Å². The lowest BCUT2D eigenvalue weighted by atomic mass is 9.93. The van der Waals surface area contributed by atoms with Gasteiger partial charge in [-0.3, -0.25) is 9.69 Å². The Hall–Kier alpha value is -2.73. The average molecular weight is 370 g/mol. The smallest absolute Gasteiger partial charge is 0.248 e. The molecule has 0 aliphatic carbocycles. The third-order valence-electron chi connectivity index (χ3n) is 5.14. The highest BCUT2D eigenvalue weighted by molar-refractivity contribution is 5.94. The van der Waals surface area contributed by atoms with E-state index >= 15 is 0 Å². The zero-order valence-electron chi connectivity index (χ0n) is 16.0. The molecular weight excluding hydrogens is 344 g/mol. The molecule has 2 aromatic rings. The monoisotopic (exact) mass is 370 g/mol. The van der Waals surface area contributed by atoms with E-state index in [2.05, 4.69) is 4.90 Å². The number of likely N-dealkylation sites (tertiary alicyclic amines) is 1. The van der Waals surface area contributed by atoms with Gasteiger partial charge >= 0.3 is 0 Å². The lowest BCUT2D eigenvalue weighted by Gasteiger charge is -2.21. The van der Waals surface area contributed by atoms with Gasteiger partial charge in [0.05, 0.1) is 26.9 Å². The molecule has 3 rings (SSSR count). The largest absolute Gasteiger partial charge is 0.496 e. The molecule has 144 valence electrons. The van der Waals surface area contributed by atoms with Crippen LogP contribution in [0.5, 0.6) is 17.2 Å². The summed E-state index contributed by atoms with van der Waals surface area (Å²) in [5, 5.41) is 0. The van der Waals surface area contributed by atoms with Gasteiger partial charge < -0.3 is 19.9 Å². The number of carbonyl (C=O) groups is 1. The van der Waals surface area contributed by atoms with Gasteiger partial charge in [0.2, 0.25) is 5.91 Å². The number of nitrogens with two attached hydrogens (primary N) is 1. The zero-order chi connectivity index (χ0) is 19.4. The fraction of sp³-hybridized carbons (Fsp3) is 0.381. The fourth-order valence-electron chi connectivity index (χ4n) is 3.76. The molecule has 0 bridgehead atoms. The predicted molar refractivity (Wildman–Crippen MR) is 104 cm³/mol. The topological polar surface area (TPSA) is 74.0 Å². The van der Waals surface area contributed by atoms with Crippen LogP contribution >= 0.6 is 0 Å². The van der Waals surface area contributed by atoms with E-state index in [9.17, 15) is 4.79 Å². The predicted octanol–water partition coefficient (Wildman–Crippen LogP) is 2.80. The van der Waals surface area contributed by atoms with Crippen LogP contribution < -0.4 is 19.9 Å². The zero-order valence-corrected chi connectivity index (χ0v) is 16.0. The van der Waals surface area contributed by atoms with Gasteiger partial charge in [0, 0.05) is 30.8 Å². The molecule has 6 nitrogen and oxygen atoms in total. The minimum absolute atomic E-state index is 0.281. The summed E-state index contributed by atoms with van der Waals surface area (Å²) in [6, 6.07) is 11.4. The number of benzene rings is 2. The SMILES string of the molecule is COc1cc(OC)c(CN2CC[C@@H](c3ccccc3C(N)=O)C2)c(OC)c1. The number of hydrogen-bond acceptors (Lipinski definition) is 5. The molecule has 1 atom stereocenters. The van der Waals surface area contributed by atoms with Crippen molar-refractivity contribution in [3.05, 3.63) is 53.1 Å². The highest BCUT2D eigenvalue weighted by Gasteiger charge is 2.28. The van der Waals surface area contributed by atoms with E-state index in [4.69, 9.17) is 19.9 Å². The number of hydrogen-bond donors (Lipinski definition) is 1. The average Bonchev–Trinajstić information content (AvgIpc) is 3.16. The van der Waals surface area contributed by atoms with Crippen molar-refractivity contribution < 1.29 is 19.0 Å². The maximum atomic E-state index is 11.7. The van der Waals surface area contributed by atoms with Crippen LogP contribution in [0.15, 0.2) is 36.4 Å². The van der Waals surface area contributed by atoms with Crippen LogP contribution in [0.4, 0.5) is 0 Å². The number of ether oxygens (including phenoxy) is 3. The van der Waals surface area contributed by atoms with Gasteiger partial charge in [-0.2, -0.15) is 0 Å². The second-order valence-corrected chi connectivity index (χ2v) is 6.68. The van der Waals surface area contributed by atoms with E-state index in [-0.39, 0.29) is 11.8 Å². The van der Waals surface area contributed by atoms with E-state index in [0.717, 1.165) is 42.1 Å². The number of amides is 1. The van der Waals surface area contributed by atoms with Crippen molar-refractivity contribution in [3.63, 3.8) is 0 Å². The van der Waals surface area contributed by atoms with Gasteiger partial charge in [-0.25, -0.2) is 0 Å². The normalized spacial score (nSPS) is 16.9. The van der Waals surface area contributed by atoms with Gasteiger partial charge in [0.15, 0.2) is 0 Å². The first-order valence-corrected chi connectivity index (χ1v) is 8.97. The van der Waals surface area contributed by atoms with Crippen LogP contribution in [0.25, 0.3) is 0 Å². The van der Waals surface area contributed by atoms with Gasteiger partial charge in [-0.15, -0.1) is 0 Å². The Bertz CT molecular complexity index is 797.